The van der Waals surface area contributed by atoms with Crippen LogP contribution in [0.1, 0.15) is 25.3 Å². The lowest BCUT2D eigenvalue weighted by molar-refractivity contribution is -0.137. The third kappa shape index (κ3) is 4.54. The monoisotopic (exact) mass is 296 g/mol. The lowest BCUT2D eigenvalue weighted by Crippen LogP contribution is -2.29. The first kappa shape index (κ1) is 16.0. The summed E-state index contributed by atoms with van der Waals surface area (Å²) in [6.45, 7) is 2.77. The van der Waals surface area contributed by atoms with E-state index in [0.717, 1.165) is 25.1 Å². The van der Waals surface area contributed by atoms with Crippen molar-refractivity contribution in [2.24, 2.45) is 0 Å². The largest absolute Gasteiger partial charge is 0.417 e. The van der Waals surface area contributed by atoms with Gasteiger partial charge in [0.25, 0.3) is 0 Å². The van der Waals surface area contributed by atoms with Gasteiger partial charge in [-0.15, -0.1) is 0 Å². The SMILES string of the molecule is CCCCN(CCO)c1ncc(C(F)(F)F)cc1Cl. The van der Waals surface area contributed by atoms with Crippen molar-refractivity contribution in [1.29, 1.82) is 0 Å². The minimum absolute atomic E-state index is 0.0561. The van der Waals surface area contributed by atoms with E-state index in [9.17, 15) is 13.2 Å². The molecule has 0 spiro atoms. The summed E-state index contributed by atoms with van der Waals surface area (Å²) in [5, 5.41) is 8.92. The van der Waals surface area contributed by atoms with Crippen molar-refractivity contribution in [3.8, 4) is 0 Å². The van der Waals surface area contributed by atoms with E-state index in [1.54, 1.807) is 4.90 Å². The predicted octanol–water partition coefficient (Wildman–Crippen LogP) is 3.35. The van der Waals surface area contributed by atoms with Crippen LogP contribution in [0.15, 0.2) is 12.3 Å². The first-order valence-corrected chi connectivity index (χ1v) is 6.36. The highest BCUT2D eigenvalue weighted by Crippen LogP contribution is 2.33. The zero-order chi connectivity index (χ0) is 14.5. The lowest BCUT2D eigenvalue weighted by atomic mass is 10.2. The van der Waals surface area contributed by atoms with E-state index < -0.39 is 11.7 Å². The number of rotatable bonds is 6. The van der Waals surface area contributed by atoms with Crippen molar-refractivity contribution in [2.75, 3.05) is 24.6 Å². The van der Waals surface area contributed by atoms with Crippen LogP contribution in [0.4, 0.5) is 19.0 Å². The average Bonchev–Trinajstić information content (AvgIpc) is 2.33. The fourth-order valence-corrected chi connectivity index (χ4v) is 1.90. The fourth-order valence-electron chi connectivity index (χ4n) is 1.61. The minimum atomic E-state index is -4.46. The summed E-state index contributed by atoms with van der Waals surface area (Å²) < 4.78 is 37.5. The van der Waals surface area contributed by atoms with E-state index in [-0.39, 0.29) is 24.0 Å². The number of hydrogen-bond donors (Lipinski definition) is 1. The molecule has 0 radical (unpaired) electrons. The molecule has 7 heteroatoms. The van der Waals surface area contributed by atoms with Gasteiger partial charge in [-0.1, -0.05) is 24.9 Å². The zero-order valence-corrected chi connectivity index (χ0v) is 11.3. The van der Waals surface area contributed by atoms with Crippen LogP contribution < -0.4 is 4.90 Å². The Kier molecular flexibility index (Phi) is 5.87. The highest BCUT2D eigenvalue weighted by Gasteiger charge is 2.32. The molecular weight excluding hydrogens is 281 g/mol. The number of anilines is 1. The van der Waals surface area contributed by atoms with Crippen LogP contribution in [-0.2, 0) is 6.18 Å². The number of halogens is 4. The number of alkyl halides is 3. The number of unbranched alkanes of at least 4 members (excludes halogenated alkanes) is 1. The lowest BCUT2D eigenvalue weighted by Gasteiger charge is -2.24. The fraction of sp³-hybridized carbons (Fsp3) is 0.583. The highest BCUT2D eigenvalue weighted by atomic mass is 35.5. The standard InChI is InChI=1S/C12H16ClF3N2O/c1-2-3-4-18(5-6-19)11-10(13)7-9(8-17-11)12(14,15)16/h7-8,19H,2-6H2,1H3. The number of nitrogens with zero attached hydrogens (tertiary/aromatic N) is 2. The molecule has 0 saturated carbocycles. The van der Waals surface area contributed by atoms with Crippen molar-refractivity contribution < 1.29 is 18.3 Å². The van der Waals surface area contributed by atoms with Crippen LogP contribution in [-0.4, -0.2) is 29.8 Å². The maximum Gasteiger partial charge on any atom is 0.417 e. The normalized spacial score (nSPS) is 11.7. The Morgan fingerprint density at radius 1 is 1.37 bits per heavy atom. The summed E-state index contributed by atoms with van der Waals surface area (Å²) in [6, 6.07) is 0.861. The van der Waals surface area contributed by atoms with E-state index in [1.165, 1.54) is 0 Å². The molecule has 0 aliphatic rings. The van der Waals surface area contributed by atoms with Crippen molar-refractivity contribution >= 4 is 17.4 Å². The van der Waals surface area contributed by atoms with Crippen LogP contribution in [0.2, 0.25) is 5.02 Å². The van der Waals surface area contributed by atoms with Gasteiger partial charge in [-0.05, 0) is 12.5 Å². The van der Waals surface area contributed by atoms with Gasteiger partial charge in [0.05, 0.1) is 17.2 Å². The van der Waals surface area contributed by atoms with Crippen molar-refractivity contribution in [2.45, 2.75) is 25.9 Å². The number of aromatic nitrogens is 1. The Labute approximate surface area is 115 Å². The number of hydrogen-bond acceptors (Lipinski definition) is 3. The topological polar surface area (TPSA) is 36.4 Å². The van der Waals surface area contributed by atoms with Crippen LogP contribution in [0.5, 0.6) is 0 Å². The molecule has 0 unspecified atom stereocenters. The Morgan fingerprint density at radius 3 is 2.53 bits per heavy atom. The van der Waals surface area contributed by atoms with Gasteiger partial charge in [-0.25, -0.2) is 4.98 Å². The van der Waals surface area contributed by atoms with Crippen molar-refractivity contribution in [1.82, 2.24) is 4.98 Å². The molecule has 1 heterocycles. The number of aliphatic hydroxyl groups excluding tert-OH is 1. The second-order valence-electron chi connectivity index (χ2n) is 4.09. The van der Waals surface area contributed by atoms with Gasteiger partial charge in [0.15, 0.2) is 0 Å². The molecule has 0 atom stereocenters. The van der Waals surface area contributed by atoms with Crippen molar-refractivity contribution in [3.63, 3.8) is 0 Å². The Morgan fingerprint density at radius 2 is 2.05 bits per heavy atom. The van der Waals surface area contributed by atoms with Gasteiger partial charge in [0.1, 0.15) is 5.82 Å². The average molecular weight is 297 g/mol. The molecule has 0 amide bonds. The summed E-state index contributed by atoms with van der Waals surface area (Å²) in [5.41, 5.74) is -0.874. The first-order valence-electron chi connectivity index (χ1n) is 5.98. The zero-order valence-electron chi connectivity index (χ0n) is 10.5. The van der Waals surface area contributed by atoms with Gasteiger partial charge in [0.2, 0.25) is 0 Å². The molecule has 0 aliphatic heterocycles. The molecule has 1 aromatic heterocycles. The number of pyridine rings is 1. The molecule has 3 nitrogen and oxygen atoms in total. The molecule has 0 bridgehead atoms. The predicted molar refractivity (Wildman–Crippen MR) is 68.5 cm³/mol. The number of aliphatic hydroxyl groups is 1. The minimum Gasteiger partial charge on any atom is -0.395 e. The molecule has 0 saturated heterocycles. The molecular formula is C12H16ClF3N2O. The molecule has 0 fully saturated rings. The smallest absolute Gasteiger partial charge is 0.395 e. The Hall–Kier alpha value is -1.01. The summed E-state index contributed by atoms with van der Waals surface area (Å²) >= 11 is 5.86. The summed E-state index contributed by atoms with van der Waals surface area (Å²) in [6.07, 6.45) is -1.92. The molecule has 19 heavy (non-hydrogen) atoms. The molecule has 1 aromatic rings. The quantitative estimate of drug-likeness (QED) is 0.874. The van der Waals surface area contributed by atoms with Crippen LogP contribution in [0, 0.1) is 0 Å². The van der Waals surface area contributed by atoms with Gasteiger partial charge >= 0.3 is 6.18 Å². The molecule has 0 aromatic carbocycles. The maximum atomic E-state index is 12.5. The van der Waals surface area contributed by atoms with Gasteiger partial charge in [-0.2, -0.15) is 13.2 Å². The van der Waals surface area contributed by atoms with E-state index in [2.05, 4.69) is 4.98 Å². The van der Waals surface area contributed by atoms with E-state index in [0.29, 0.717) is 6.54 Å². The summed E-state index contributed by atoms with van der Waals surface area (Å²) in [5.74, 6) is 0.275. The van der Waals surface area contributed by atoms with Crippen LogP contribution in [0.25, 0.3) is 0 Å². The van der Waals surface area contributed by atoms with Gasteiger partial charge in [-0.3, -0.25) is 0 Å². The van der Waals surface area contributed by atoms with E-state index in [1.807, 2.05) is 6.92 Å². The summed E-state index contributed by atoms with van der Waals surface area (Å²) in [4.78, 5) is 5.47. The van der Waals surface area contributed by atoms with Gasteiger partial charge < -0.3 is 10.0 Å². The Bertz CT molecular complexity index is 412. The second-order valence-corrected chi connectivity index (χ2v) is 4.50. The van der Waals surface area contributed by atoms with Crippen LogP contribution >= 0.6 is 11.6 Å². The van der Waals surface area contributed by atoms with Gasteiger partial charge in [0, 0.05) is 19.3 Å². The summed E-state index contributed by atoms with van der Waals surface area (Å²) in [7, 11) is 0. The third-order valence-electron chi connectivity index (χ3n) is 2.60. The molecule has 1 rings (SSSR count). The molecule has 108 valence electrons. The van der Waals surface area contributed by atoms with E-state index in [4.69, 9.17) is 16.7 Å². The maximum absolute atomic E-state index is 12.5. The first-order chi connectivity index (χ1) is 8.90. The van der Waals surface area contributed by atoms with Crippen LogP contribution in [0.3, 0.4) is 0 Å². The highest BCUT2D eigenvalue weighted by molar-refractivity contribution is 6.33. The second kappa shape index (κ2) is 6.96. The third-order valence-corrected chi connectivity index (χ3v) is 2.88. The molecule has 1 N–H and O–H groups in total. The molecule has 0 aliphatic carbocycles. The van der Waals surface area contributed by atoms with Crippen molar-refractivity contribution in [3.05, 3.63) is 22.8 Å². The van der Waals surface area contributed by atoms with E-state index >= 15 is 0 Å². The Balaban J connectivity index is 2.97.